The summed E-state index contributed by atoms with van der Waals surface area (Å²) in [5.74, 6) is -2.11. The van der Waals surface area contributed by atoms with Crippen LogP contribution in [-0.4, -0.2) is 45.7 Å². The molecule has 7 nitrogen and oxygen atoms in total. The number of benzene rings is 1. The number of carboxylic acid groups (broad SMARTS) is 2. The van der Waals surface area contributed by atoms with Crippen molar-refractivity contribution in [2.45, 2.75) is 38.8 Å². The Balaban J connectivity index is 2.64. The van der Waals surface area contributed by atoms with Crippen LogP contribution in [0.5, 0.6) is 0 Å². The quantitative estimate of drug-likeness (QED) is 0.676. The number of carboxylic acids is 1. The third kappa shape index (κ3) is 6.37. The van der Waals surface area contributed by atoms with E-state index in [2.05, 4.69) is 0 Å². The van der Waals surface area contributed by atoms with Crippen molar-refractivity contribution >= 4 is 18.0 Å². The first-order chi connectivity index (χ1) is 11.0. The number of hydrogen-bond acceptors (Lipinski definition) is 4. The summed E-state index contributed by atoms with van der Waals surface area (Å²) in [4.78, 5) is 35.1. The zero-order valence-corrected chi connectivity index (χ0v) is 13.0. The van der Waals surface area contributed by atoms with Crippen molar-refractivity contribution in [1.82, 2.24) is 4.90 Å². The van der Waals surface area contributed by atoms with Crippen molar-refractivity contribution in [3.8, 4) is 0 Å². The highest BCUT2D eigenvalue weighted by atomic mass is 16.5. The Labute approximate surface area is 134 Å². The number of carbonyl (C=O) groups is 3. The van der Waals surface area contributed by atoms with Gasteiger partial charge in [-0.05, 0) is 12.0 Å². The Morgan fingerprint density at radius 2 is 1.83 bits per heavy atom. The Kier molecular flexibility index (Phi) is 7.59. The molecule has 0 aromatic heterocycles. The van der Waals surface area contributed by atoms with Gasteiger partial charge in [-0.1, -0.05) is 43.7 Å². The lowest BCUT2D eigenvalue weighted by Crippen LogP contribution is -2.46. The molecular weight excluding hydrogens is 302 g/mol. The van der Waals surface area contributed by atoms with Crippen LogP contribution in [0, 0.1) is 0 Å². The second kappa shape index (κ2) is 9.45. The highest BCUT2D eigenvalue weighted by molar-refractivity contribution is 5.84. The number of amides is 1. The lowest BCUT2D eigenvalue weighted by Gasteiger charge is -2.25. The largest absolute Gasteiger partial charge is 0.480 e. The molecule has 1 aromatic rings. The Morgan fingerprint density at radius 3 is 2.35 bits per heavy atom. The summed E-state index contributed by atoms with van der Waals surface area (Å²) >= 11 is 0. The second-order valence-electron chi connectivity index (χ2n) is 5.03. The molecule has 1 amide bonds. The highest BCUT2D eigenvalue weighted by Gasteiger charge is 2.31. The molecule has 0 aliphatic carbocycles. The van der Waals surface area contributed by atoms with Crippen molar-refractivity contribution in [2.24, 2.45) is 0 Å². The van der Waals surface area contributed by atoms with Crippen LogP contribution in [-0.2, 0) is 20.9 Å². The van der Waals surface area contributed by atoms with E-state index in [-0.39, 0.29) is 13.2 Å². The topological polar surface area (TPSA) is 104 Å². The van der Waals surface area contributed by atoms with Crippen LogP contribution in [0.3, 0.4) is 0 Å². The molecule has 0 saturated heterocycles. The summed E-state index contributed by atoms with van der Waals surface area (Å²) in [5.41, 5.74) is 0.772. The van der Waals surface area contributed by atoms with E-state index in [1.807, 2.05) is 13.0 Å². The molecule has 0 heterocycles. The van der Waals surface area contributed by atoms with Gasteiger partial charge in [-0.2, -0.15) is 0 Å². The molecule has 126 valence electrons. The van der Waals surface area contributed by atoms with Crippen molar-refractivity contribution in [3.63, 3.8) is 0 Å². The molecule has 23 heavy (non-hydrogen) atoms. The van der Waals surface area contributed by atoms with E-state index in [4.69, 9.17) is 9.84 Å². The number of unbranched alkanes of at least 4 members (excludes halogenated alkanes) is 1. The van der Waals surface area contributed by atoms with Gasteiger partial charge in [0.15, 0.2) is 0 Å². The molecule has 0 saturated carbocycles. The predicted molar refractivity (Wildman–Crippen MR) is 81.9 cm³/mol. The van der Waals surface area contributed by atoms with Crippen LogP contribution in [0.1, 0.15) is 31.7 Å². The van der Waals surface area contributed by atoms with Gasteiger partial charge in [0, 0.05) is 6.54 Å². The van der Waals surface area contributed by atoms with Crippen molar-refractivity contribution in [1.29, 1.82) is 0 Å². The number of nitrogens with zero attached hydrogens (tertiary/aromatic N) is 1. The first-order valence-corrected chi connectivity index (χ1v) is 7.37. The van der Waals surface area contributed by atoms with Crippen molar-refractivity contribution in [3.05, 3.63) is 35.9 Å². The maximum Gasteiger partial charge on any atom is 0.408 e. The first-order valence-electron chi connectivity index (χ1n) is 7.37. The average Bonchev–Trinajstić information content (AvgIpc) is 2.52. The SMILES string of the molecule is CCCCN(C(=O)O)[C@@H](CC(=O)OCc1ccccc1)C(=O)O. The molecule has 0 aliphatic rings. The van der Waals surface area contributed by atoms with E-state index >= 15 is 0 Å². The molecule has 0 aliphatic heterocycles. The van der Waals surface area contributed by atoms with Crippen LogP contribution in [0.25, 0.3) is 0 Å². The van der Waals surface area contributed by atoms with E-state index in [0.29, 0.717) is 12.8 Å². The van der Waals surface area contributed by atoms with Gasteiger partial charge in [-0.3, -0.25) is 9.69 Å². The molecule has 0 bridgehead atoms. The number of aliphatic carboxylic acids is 1. The summed E-state index contributed by atoms with van der Waals surface area (Å²) in [6.45, 7) is 1.95. The van der Waals surface area contributed by atoms with Gasteiger partial charge in [0.25, 0.3) is 0 Å². The first kappa shape index (κ1) is 18.5. The molecule has 2 N–H and O–H groups in total. The van der Waals surface area contributed by atoms with Crippen LogP contribution in [0.15, 0.2) is 30.3 Å². The maximum atomic E-state index is 11.8. The Bertz CT molecular complexity index is 531. The van der Waals surface area contributed by atoms with Gasteiger partial charge in [-0.15, -0.1) is 0 Å². The monoisotopic (exact) mass is 323 g/mol. The summed E-state index contributed by atoms with van der Waals surface area (Å²) in [6.07, 6.45) is -0.635. The molecule has 7 heteroatoms. The Morgan fingerprint density at radius 1 is 1.17 bits per heavy atom. The van der Waals surface area contributed by atoms with Crippen LogP contribution >= 0.6 is 0 Å². The molecule has 0 spiro atoms. The van der Waals surface area contributed by atoms with Gasteiger partial charge in [-0.25, -0.2) is 9.59 Å². The number of rotatable bonds is 9. The highest BCUT2D eigenvalue weighted by Crippen LogP contribution is 2.10. The van der Waals surface area contributed by atoms with E-state index in [0.717, 1.165) is 10.5 Å². The van der Waals surface area contributed by atoms with Gasteiger partial charge < -0.3 is 14.9 Å². The van der Waals surface area contributed by atoms with Crippen molar-refractivity contribution in [2.75, 3.05) is 6.54 Å². The van der Waals surface area contributed by atoms with Crippen LogP contribution in [0.2, 0.25) is 0 Å². The Hall–Kier alpha value is -2.57. The fourth-order valence-electron chi connectivity index (χ4n) is 2.00. The molecule has 0 radical (unpaired) electrons. The van der Waals surface area contributed by atoms with Gasteiger partial charge >= 0.3 is 18.0 Å². The zero-order valence-electron chi connectivity index (χ0n) is 13.0. The minimum atomic E-state index is -1.44. The van der Waals surface area contributed by atoms with Gasteiger partial charge in [0.05, 0.1) is 6.42 Å². The van der Waals surface area contributed by atoms with E-state index in [1.165, 1.54) is 0 Å². The summed E-state index contributed by atoms with van der Waals surface area (Å²) < 4.78 is 5.02. The normalized spacial score (nSPS) is 11.5. The zero-order chi connectivity index (χ0) is 17.2. The fraction of sp³-hybridized carbons (Fsp3) is 0.438. The molecule has 1 atom stereocenters. The van der Waals surface area contributed by atoms with Gasteiger partial charge in [0.1, 0.15) is 12.6 Å². The predicted octanol–water partition coefficient (Wildman–Crippen LogP) is 2.35. The summed E-state index contributed by atoms with van der Waals surface area (Å²) in [7, 11) is 0. The van der Waals surface area contributed by atoms with E-state index < -0.39 is 30.5 Å². The third-order valence-electron chi connectivity index (χ3n) is 3.26. The lowest BCUT2D eigenvalue weighted by atomic mass is 10.1. The maximum absolute atomic E-state index is 11.8. The van der Waals surface area contributed by atoms with Gasteiger partial charge in [0.2, 0.25) is 0 Å². The fourth-order valence-corrected chi connectivity index (χ4v) is 2.00. The molecule has 0 unspecified atom stereocenters. The number of ether oxygens (including phenoxy) is 1. The average molecular weight is 323 g/mol. The molecular formula is C16H21NO6. The van der Waals surface area contributed by atoms with Crippen molar-refractivity contribution < 1.29 is 29.3 Å². The summed E-state index contributed by atoms with van der Waals surface area (Å²) in [5, 5.41) is 18.4. The summed E-state index contributed by atoms with van der Waals surface area (Å²) in [6, 6.07) is 7.51. The number of carbonyl (C=O) groups excluding carboxylic acids is 1. The minimum absolute atomic E-state index is 0.0219. The lowest BCUT2D eigenvalue weighted by molar-refractivity contribution is -0.153. The number of esters is 1. The van der Waals surface area contributed by atoms with E-state index in [1.54, 1.807) is 24.3 Å². The van der Waals surface area contributed by atoms with Crippen LogP contribution in [0.4, 0.5) is 4.79 Å². The minimum Gasteiger partial charge on any atom is -0.480 e. The molecule has 1 rings (SSSR count). The van der Waals surface area contributed by atoms with E-state index in [9.17, 15) is 19.5 Å². The molecule has 0 fully saturated rings. The second-order valence-corrected chi connectivity index (χ2v) is 5.03. The third-order valence-corrected chi connectivity index (χ3v) is 3.26. The standard InChI is InChI=1S/C16H21NO6/c1-2-3-9-17(16(21)22)13(15(19)20)10-14(18)23-11-12-7-5-4-6-8-12/h4-8,13H,2-3,9-11H2,1H3,(H,19,20)(H,21,22)/t13-/m0/s1. The van der Waals surface area contributed by atoms with Crippen LogP contribution < -0.4 is 0 Å². The molecule has 1 aromatic carbocycles. The smallest absolute Gasteiger partial charge is 0.408 e. The number of hydrogen-bond donors (Lipinski definition) is 2.